The topological polar surface area (TPSA) is 139 Å². The third-order valence-corrected chi connectivity index (χ3v) is 7.22. The summed E-state index contributed by atoms with van der Waals surface area (Å²) in [5.41, 5.74) is 1.75. The number of non-ortho nitro benzene ring substituents is 2. The quantitative estimate of drug-likeness (QED) is 0.0575. The maximum absolute atomic E-state index is 12.6. The fourth-order valence-corrected chi connectivity index (χ4v) is 4.81. The van der Waals surface area contributed by atoms with E-state index in [1.807, 2.05) is 61.5 Å². The SMILES string of the molecule is CC(c1ccccc1)(c1ccc(OC(=O)c2cccc([N+](=O)[O-])c2)cc1)c1ccc(OC(=O)c2cccc([N+](=O)[O-])c2)cc1. The summed E-state index contributed by atoms with van der Waals surface area (Å²) in [5, 5.41) is 22.1. The number of rotatable bonds is 9. The van der Waals surface area contributed by atoms with Crippen LogP contribution in [0.1, 0.15) is 44.3 Å². The molecule has 0 aliphatic carbocycles. The maximum Gasteiger partial charge on any atom is 0.343 e. The van der Waals surface area contributed by atoms with Crippen molar-refractivity contribution < 1.29 is 28.9 Å². The van der Waals surface area contributed by atoms with Crippen molar-refractivity contribution >= 4 is 23.3 Å². The van der Waals surface area contributed by atoms with Crippen molar-refractivity contribution in [2.75, 3.05) is 0 Å². The summed E-state index contributed by atoms with van der Waals surface area (Å²) < 4.78 is 11.0. The molecule has 0 aliphatic rings. The van der Waals surface area contributed by atoms with Gasteiger partial charge in [0.1, 0.15) is 11.5 Å². The van der Waals surface area contributed by atoms with Crippen molar-refractivity contribution in [2.45, 2.75) is 12.3 Å². The Hall–Kier alpha value is -6.16. The second-order valence-corrected chi connectivity index (χ2v) is 9.93. The van der Waals surface area contributed by atoms with Gasteiger partial charge in [0.05, 0.1) is 21.0 Å². The summed E-state index contributed by atoms with van der Waals surface area (Å²) in [6, 6.07) is 34.3. The van der Waals surface area contributed by atoms with Crippen LogP contribution in [0.5, 0.6) is 11.5 Å². The molecule has 10 heteroatoms. The molecule has 0 amide bonds. The fourth-order valence-electron chi connectivity index (χ4n) is 4.81. The highest BCUT2D eigenvalue weighted by atomic mass is 16.6. The summed E-state index contributed by atoms with van der Waals surface area (Å²) in [6.07, 6.45) is 0. The van der Waals surface area contributed by atoms with Gasteiger partial charge in [-0.05, 0) is 60.0 Å². The third kappa shape index (κ3) is 6.19. The van der Waals surface area contributed by atoms with E-state index >= 15 is 0 Å². The van der Waals surface area contributed by atoms with Crippen LogP contribution >= 0.6 is 0 Å². The van der Waals surface area contributed by atoms with E-state index in [4.69, 9.17) is 9.47 Å². The molecule has 0 heterocycles. The van der Waals surface area contributed by atoms with Gasteiger partial charge in [-0.2, -0.15) is 0 Å². The Morgan fingerprint density at radius 3 is 1.32 bits per heavy atom. The van der Waals surface area contributed by atoms with Crippen LogP contribution in [0.4, 0.5) is 11.4 Å². The molecule has 44 heavy (non-hydrogen) atoms. The predicted molar refractivity (Wildman–Crippen MR) is 161 cm³/mol. The van der Waals surface area contributed by atoms with E-state index < -0.39 is 27.2 Å². The zero-order valence-corrected chi connectivity index (χ0v) is 23.3. The zero-order valence-electron chi connectivity index (χ0n) is 23.3. The van der Waals surface area contributed by atoms with Crippen LogP contribution in [-0.4, -0.2) is 21.8 Å². The van der Waals surface area contributed by atoms with E-state index in [-0.39, 0.29) is 34.0 Å². The van der Waals surface area contributed by atoms with Crippen LogP contribution in [0.15, 0.2) is 127 Å². The first-order valence-electron chi connectivity index (χ1n) is 13.3. The lowest BCUT2D eigenvalue weighted by molar-refractivity contribution is -0.385. The molecule has 0 radical (unpaired) electrons. The molecule has 5 rings (SSSR count). The van der Waals surface area contributed by atoms with Gasteiger partial charge in [0.25, 0.3) is 11.4 Å². The second-order valence-electron chi connectivity index (χ2n) is 9.93. The van der Waals surface area contributed by atoms with Crippen molar-refractivity contribution in [3.05, 3.63) is 175 Å². The first-order chi connectivity index (χ1) is 21.1. The van der Waals surface area contributed by atoms with Gasteiger partial charge >= 0.3 is 11.9 Å². The van der Waals surface area contributed by atoms with Crippen LogP contribution < -0.4 is 9.47 Å². The fraction of sp³-hybridized carbons (Fsp3) is 0.0588. The number of hydrogen-bond acceptors (Lipinski definition) is 8. The van der Waals surface area contributed by atoms with Crippen LogP contribution in [0.25, 0.3) is 0 Å². The standard InChI is InChI=1S/C34H24N2O8/c1-34(25-9-3-2-4-10-25,26-13-17-30(18-14-26)43-32(37)23-7-5-11-28(21-23)35(39)40)27-15-19-31(20-16-27)44-33(38)24-8-6-12-29(22-24)36(41)42/h2-22H,1H3. The van der Waals surface area contributed by atoms with Gasteiger partial charge in [0.15, 0.2) is 0 Å². The normalized spacial score (nSPS) is 10.9. The van der Waals surface area contributed by atoms with Gasteiger partial charge in [0, 0.05) is 29.7 Å². The third-order valence-electron chi connectivity index (χ3n) is 7.22. The van der Waals surface area contributed by atoms with Gasteiger partial charge in [-0.1, -0.05) is 66.7 Å². The van der Waals surface area contributed by atoms with Gasteiger partial charge in [-0.15, -0.1) is 0 Å². The molecule has 5 aromatic rings. The minimum absolute atomic E-state index is 0.0590. The first kappa shape index (κ1) is 29.3. The number of carbonyl (C=O) groups excluding carboxylic acids is 2. The molecule has 0 unspecified atom stereocenters. The highest BCUT2D eigenvalue weighted by Gasteiger charge is 2.31. The average molecular weight is 589 g/mol. The Morgan fingerprint density at radius 2 is 0.932 bits per heavy atom. The van der Waals surface area contributed by atoms with Crippen molar-refractivity contribution in [1.82, 2.24) is 0 Å². The first-order valence-corrected chi connectivity index (χ1v) is 13.3. The smallest absolute Gasteiger partial charge is 0.343 e. The van der Waals surface area contributed by atoms with Crippen molar-refractivity contribution in [3.63, 3.8) is 0 Å². The van der Waals surface area contributed by atoms with Crippen LogP contribution in [0.2, 0.25) is 0 Å². The number of nitrogens with zero attached hydrogens (tertiary/aromatic N) is 2. The molecule has 218 valence electrons. The molecule has 0 bridgehead atoms. The molecule has 0 aromatic heterocycles. The highest BCUT2D eigenvalue weighted by molar-refractivity contribution is 5.92. The van der Waals surface area contributed by atoms with Crippen LogP contribution in [0, 0.1) is 20.2 Å². The van der Waals surface area contributed by atoms with Crippen molar-refractivity contribution in [3.8, 4) is 11.5 Å². The van der Waals surface area contributed by atoms with E-state index in [2.05, 4.69) is 0 Å². The number of ether oxygens (including phenoxy) is 2. The Morgan fingerprint density at radius 1 is 0.545 bits per heavy atom. The van der Waals surface area contributed by atoms with Gasteiger partial charge < -0.3 is 9.47 Å². The Kier molecular flexibility index (Phi) is 8.25. The number of carbonyl (C=O) groups is 2. The van der Waals surface area contributed by atoms with Crippen molar-refractivity contribution in [1.29, 1.82) is 0 Å². The molecule has 0 saturated heterocycles. The number of nitro groups is 2. The largest absolute Gasteiger partial charge is 0.423 e. The number of esters is 2. The number of benzene rings is 5. The van der Waals surface area contributed by atoms with E-state index in [0.717, 1.165) is 28.8 Å². The molecule has 0 fully saturated rings. The molecule has 5 aromatic carbocycles. The molecule has 0 spiro atoms. The molecule has 0 N–H and O–H groups in total. The van der Waals surface area contributed by atoms with E-state index in [0.29, 0.717) is 0 Å². The minimum atomic E-state index is -0.720. The summed E-state index contributed by atoms with van der Waals surface area (Å²) in [6.45, 7) is 2.04. The lowest BCUT2D eigenvalue weighted by Gasteiger charge is -2.32. The van der Waals surface area contributed by atoms with Crippen LogP contribution in [0.3, 0.4) is 0 Å². The monoisotopic (exact) mass is 588 g/mol. The Balaban J connectivity index is 1.39. The summed E-state index contributed by atoms with van der Waals surface area (Å²) >= 11 is 0. The van der Waals surface area contributed by atoms with E-state index in [1.54, 1.807) is 24.3 Å². The molecule has 0 aliphatic heterocycles. The second kappa shape index (κ2) is 12.4. The highest BCUT2D eigenvalue weighted by Crippen LogP contribution is 2.40. The molecule has 0 saturated carbocycles. The van der Waals surface area contributed by atoms with Gasteiger partial charge in [0.2, 0.25) is 0 Å². The molecular formula is C34H24N2O8. The zero-order chi connectivity index (χ0) is 31.3. The van der Waals surface area contributed by atoms with Crippen LogP contribution in [-0.2, 0) is 5.41 Å². The summed E-state index contributed by atoms with van der Waals surface area (Å²) in [4.78, 5) is 46.3. The minimum Gasteiger partial charge on any atom is -0.423 e. The predicted octanol–water partition coefficient (Wildman–Crippen LogP) is 7.30. The van der Waals surface area contributed by atoms with E-state index in [1.165, 1.54) is 36.4 Å². The Labute approximate surface area is 251 Å². The lowest BCUT2D eigenvalue weighted by Crippen LogP contribution is -2.25. The molecule has 0 atom stereocenters. The number of hydrogen-bond donors (Lipinski definition) is 0. The van der Waals surface area contributed by atoms with Crippen molar-refractivity contribution in [2.24, 2.45) is 0 Å². The summed E-state index contributed by atoms with van der Waals surface area (Å²) in [7, 11) is 0. The Bertz CT molecular complexity index is 1740. The number of nitro benzene ring substituents is 2. The lowest BCUT2D eigenvalue weighted by atomic mass is 9.71. The molecule has 10 nitrogen and oxygen atoms in total. The molecular weight excluding hydrogens is 564 g/mol. The van der Waals surface area contributed by atoms with E-state index in [9.17, 15) is 29.8 Å². The summed E-state index contributed by atoms with van der Waals surface area (Å²) in [5.74, 6) is -0.904. The van der Waals surface area contributed by atoms with Gasteiger partial charge in [-0.25, -0.2) is 9.59 Å². The maximum atomic E-state index is 12.6. The van der Waals surface area contributed by atoms with Gasteiger partial charge in [-0.3, -0.25) is 20.2 Å². The average Bonchev–Trinajstić information content (AvgIpc) is 3.05.